The van der Waals surface area contributed by atoms with Gasteiger partial charge in [-0.25, -0.2) is 9.97 Å². The number of nitrogens with one attached hydrogen (secondary N) is 1. The van der Waals surface area contributed by atoms with Gasteiger partial charge in [0, 0.05) is 38.1 Å². The molecule has 0 saturated carbocycles. The highest BCUT2D eigenvalue weighted by molar-refractivity contribution is 5.87. The third kappa shape index (κ3) is 2.44. The fourth-order valence-electron chi connectivity index (χ4n) is 3.34. The second-order valence-electron chi connectivity index (χ2n) is 6.10. The Hall–Kier alpha value is -3.07. The number of rotatable bonds is 3. The number of H-pyrrole nitrogens is 1. The van der Waals surface area contributed by atoms with Crippen LogP contribution >= 0.6 is 0 Å². The summed E-state index contributed by atoms with van der Waals surface area (Å²) >= 11 is 0. The van der Waals surface area contributed by atoms with E-state index in [4.69, 9.17) is 5.26 Å². The van der Waals surface area contributed by atoms with Gasteiger partial charge in [-0.15, -0.1) is 0 Å². The van der Waals surface area contributed by atoms with E-state index in [9.17, 15) is 0 Å². The highest BCUT2D eigenvalue weighted by Gasteiger charge is 2.28. The lowest BCUT2D eigenvalue weighted by Crippen LogP contribution is -2.34. The lowest BCUT2D eigenvalue weighted by Gasteiger charge is -2.27. The van der Waals surface area contributed by atoms with Crippen LogP contribution in [0, 0.1) is 11.3 Å². The molecule has 1 aliphatic rings. The zero-order valence-corrected chi connectivity index (χ0v) is 13.5. The number of benzene rings is 1. The van der Waals surface area contributed by atoms with Crippen LogP contribution in [0.1, 0.15) is 12.0 Å². The number of nitriles is 1. The summed E-state index contributed by atoms with van der Waals surface area (Å²) < 4.78 is 0. The molecule has 0 radical (unpaired) electrons. The van der Waals surface area contributed by atoms with Gasteiger partial charge < -0.3 is 14.8 Å². The van der Waals surface area contributed by atoms with Crippen molar-refractivity contribution in [2.24, 2.45) is 0 Å². The highest BCUT2D eigenvalue weighted by Crippen LogP contribution is 2.28. The molecule has 1 N–H and O–H groups in total. The van der Waals surface area contributed by atoms with E-state index in [1.54, 1.807) is 6.33 Å². The summed E-state index contributed by atoms with van der Waals surface area (Å²) in [5.41, 5.74) is 2.70. The molecule has 4 rings (SSSR count). The fraction of sp³-hybridized carbons (Fsp3) is 0.278. The summed E-state index contributed by atoms with van der Waals surface area (Å²) in [4.78, 5) is 16.5. The third-order valence-electron chi connectivity index (χ3n) is 4.75. The highest BCUT2D eigenvalue weighted by atomic mass is 15.3. The molecule has 6 heteroatoms. The standard InChI is InChI=1S/C18H18N6/c1-23(14-4-2-13(10-19)3-5-14)15-7-9-24(11-15)18-16-6-8-20-17(16)21-12-22-18/h2-6,8,12,15H,7,9,11H2,1H3,(H,20,21,22). The summed E-state index contributed by atoms with van der Waals surface area (Å²) in [5, 5.41) is 9.99. The van der Waals surface area contributed by atoms with E-state index in [1.807, 2.05) is 36.5 Å². The first-order valence-electron chi connectivity index (χ1n) is 8.02. The lowest BCUT2D eigenvalue weighted by atomic mass is 10.1. The minimum Gasteiger partial charge on any atom is -0.370 e. The quantitative estimate of drug-likeness (QED) is 0.803. The molecule has 1 aliphatic heterocycles. The van der Waals surface area contributed by atoms with Gasteiger partial charge in [-0.3, -0.25) is 0 Å². The Morgan fingerprint density at radius 1 is 1.25 bits per heavy atom. The lowest BCUT2D eigenvalue weighted by molar-refractivity contribution is 0.692. The van der Waals surface area contributed by atoms with Gasteiger partial charge in [-0.1, -0.05) is 0 Å². The van der Waals surface area contributed by atoms with E-state index in [-0.39, 0.29) is 0 Å². The van der Waals surface area contributed by atoms with Gasteiger partial charge in [0.25, 0.3) is 0 Å². The van der Waals surface area contributed by atoms with Crippen LogP contribution in [0.2, 0.25) is 0 Å². The fourth-order valence-corrected chi connectivity index (χ4v) is 3.34. The Bertz CT molecular complexity index is 892. The molecular weight excluding hydrogens is 300 g/mol. The molecule has 120 valence electrons. The van der Waals surface area contributed by atoms with Gasteiger partial charge >= 0.3 is 0 Å². The Labute approximate surface area is 140 Å². The van der Waals surface area contributed by atoms with E-state index in [1.165, 1.54) is 0 Å². The number of hydrogen-bond acceptors (Lipinski definition) is 5. The van der Waals surface area contributed by atoms with Gasteiger partial charge in [-0.05, 0) is 36.8 Å². The number of anilines is 2. The number of fused-ring (bicyclic) bond motifs is 1. The smallest absolute Gasteiger partial charge is 0.142 e. The van der Waals surface area contributed by atoms with Crippen LogP contribution in [0.15, 0.2) is 42.9 Å². The maximum absolute atomic E-state index is 8.92. The van der Waals surface area contributed by atoms with Crippen LogP contribution in [0.5, 0.6) is 0 Å². The van der Waals surface area contributed by atoms with E-state index >= 15 is 0 Å². The van der Waals surface area contributed by atoms with Crippen molar-refractivity contribution in [3.63, 3.8) is 0 Å². The van der Waals surface area contributed by atoms with Crippen LogP contribution in [0.3, 0.4) is 0 Å². The molecule has 0 amide bonds. The second-order valence-corrected chi connectivity index (χ2v) is 6.10. The molecule has 3 heterocycles. The number of aromatic nitrogens is 3. The summed E-state index contributed by atoms with van der Waals surface area (Å²) in [6, 6.07) is 12.4. The molecule has 1 saturated heterocycles. The molecule has 2 aromatic heterocycles. The van der Waals surface area contributed by atoms with Gasteiger partial charge in [-0.2, -0.15) is 5.26 Å². The van der Waals surface area contributed by atoms with Crippen LogP contribution in [-0.2, 0) is 0 Å². The summed E-state index contributed by atoms with van der Waals surface area (Å²) in [6.07, 6.45) is 4.59. The Morgan fingerprint density at radius 3 is 2.88 bits per heavy atom. The molecule has 1 fully saturated rings. The van der Waals surface area contributed by atoms with Gasteiger partial charge in [0.1, 0.15) is 17.8 Å². The maximum atomic E-state index is 8.92. The minimum atomic E-state index is 0.418. The molecule has 1 unspecified atom stereocenters. The molecular formula is C18H18N6. The van der Waals surface area contributed by atoms with Crippen molar-refractivity contribution in [2.75, 3.05) is 29.9 Å². The van der Waals surface area contributed by atoms with E-state index < -0.39 is 0 Å². The summed E-state index contributed by atoms with van der Waals surface area (Å²) in [6.45, 7) is 1.90. The largest absolute Gasteiger partial charge is 0.370 e. The van der Waals surface area contributed by atoms with Gasteiger partial charge in [0.15, 0.2) is 0 Å². The summed E-state index contributed by atoms with van der Waals surface area (Å²) in [5.74, 6) is 0.997. The first-order chi connectivity index (χ1) is 11.8. The predicted octanol–water partition coefficient (Wildman–Crippen LogP) is 2.54. The van der Waals surface area contributed by atoms with Gasteiger partial charge in [0.05, 0.1) is 17.0 Å². The molecule has 24 heavy (non-hydrogen) atoms. The van der Waals surface area contributed by atoms with Crippen LogP contribution in [0.4, 0.5) is 11.5 Å². The van der Waals surface area contributed by atoms with Crippen LogP contribution in [-0.4, -0.2) is 41.1 Å². The molecule has 0 aliphatic carbocycles. The number of aromatic amines is 1. The molecule has 6 nitrogen and oxygen atoms in total. The Balaban J connectivity index is 1.53. The van der Waals surface area contributed by atoms with Crippen molar-refractivity contribution in [3.05, 3.63) is 48.4 Å². The third-order valence-corrected chi connectivity index (χ3v) is 4.75. The van der Waals surface area contributed by atoms with Crippen molar-refractivity contribution in [1.82, 2.24) is 15.0 Å². The predicted molar refractivity (Wildman–Crippen MR) is 94.1 cm³/mol. The number of nitrogens with zero attached hydrogens (tertiary/aromatic N) is 5. The van der Waals surface area contributed by atoms with E-state index in [2.05, 4.69) is 37.9 Å². The van der Waals surface area contributed by atoms with Crippen LogP contribution < -0.4 is 9.80 Å². The first kappa shape index (κ1) is 14.5. The molecule has 0 bridgehead atoms. The SMILES string of the molecule is CN(c1ccc(C#N)cc1)C1CCN(c2ncnc3[nH]ccc23)C1. The topological polar surface area (TPSA) is 71.8 Å². The van der Waals surface area contributed by atoms with Crippen molar-refractivity contribution >= 4 is 22.5 Å². The Kier molecular flexibility index (Phi) is 3.54. The number of likely N-dealkylation sites (N-methyl/N-ethyl adjacent to an activating group) is 1. The van der Waals surface area contributed by atoms with Crippen LogP contribution in [0.25, 0.3) is 11.0 Å². The van der Waals surface area contributed by atoms with Crippen molar-refractivity contribution in [3.8, 4) is 6.07 Å². The van der Waals surface area contributed by atoms with E-state index in [0.29, 0.717) is 11.6 Å². The monoisotopic (exact) mass is 318 g/mol. The zero-order valence-electron chi connectivity index (χ0n) is 13.5. The summed E-state index contributed by atoms with van der Waals surface area (Å²) in [7, 11) is 2.11. The molecule has 3 aromatic rings. The van der Waals surface area contributed by atoms with Crippen molar-refractivity contribution < 1.29 is 0 Å². The Morgan fingerprint density at radius 2 is 2.08 bits per heavy atom. The van der Waals surface area contributed by atoms with Gasteiger partial charge in [0.2, 0.25) is 0 Å². The molecule has 0 spiro atoms. The molecule has 1 atom stereocenters. The zero-order chi connectivity index (χ0) is 16.5. The minimum absolute atomic E-state index is 0.418. The maximum Gasteiger partial charge on any atom is 0.142 e. The molecule has 1 aromatic carbocycles. The number of hydrogen-bond donors (Lipinski definition) is 1. The van der Waals surface area contributed by atoms with E-state index in [0.717, 1.165) is 42.0 Å². The van der Waals surface area contributed by atoms with Crippen molar-refractivity contribution in [2.45, 2.75) is 12.5 Å². The normalized spacial score (nSPS) is 17.2. The van der Waals surface area contributed by atoms with Crippen molar-refractivity contribution in [1.29, 1.82) is 5.26 Å². The average Bonchev–Trinajstić information content (AvgIpc) is 3.30. The second kappa shape index (κ2) is 5.85. The first-order valence-corrected chi connectivity index (χ1v) is 8.02. The average molecular weight is 318 g/mol.